The Bertz CT molecular complexity index is 154. The normalized spacial score (nSPS) is 8.40. The van der Waals surface area contributed by atoms with Gasteiger partial charge in [-0.1, -0.05) is 12.7 Å². The summed E-state index contributed by atoms with van der Waals surface area (Å²) in [7, 11) is 0. The van der Waals surface area contributed by atoms with Gasteiger partial charge < -0.3 is 9.84 Å². The summed E-state index contributed by atoms with van der Waals surface area (Å²) < 4.78 is 4.33. The molecule has 0 amide bonds. The van der Waals surface area contributed by atoms with Gasteiger partial charge in [-0.25, -0.2) is 9.59 Å². The summed E-state index contributed by atoms with van der Waals surface area (Å²) in [5.41, 5.74) is 0. The van der Waals surface area contributed by atoms with Crippen molar-refractivity contribution in [3.8, 4) is 0 Å². The first kappa shape index (κ1) is 9.03. The molecule has 0 aliphatic rings. The van der Waals surface area contributed by atoms with E-state index in [9.17, 15) is 9.59 Å². The summed E-state index contributed by atoms with van der Waals surface area (Å²) in [6, 6.07) is 0. The number of rotatable bonds is 2. The molecule has 56 valence electrons. The van der Waals surface area contributed by atoms with Crippen LogP contribution in [0.5, 0.6) is 0 Å². The van der Waals surface area contributed by atoms with Crippen molar-refractivity contribution in [3.63, 3.8) is 0 Å². The SMILES string of the molecule is C=CCOC(=O)SC(=O)O. The van der Waals surface area contributed by atoms with E-state index in [1.807, 2.05) is 0 Å². The molecule has 0 saturated heterocycles. The first-order chi connectivity index (χ1) is 4.66. The van der Waals surface area contributed by atoms with Gasteiger partial charge in [0.15, 0.2) is 0 Å². The molecule has 10 heavy (non-hydrogen) atoms. The maximum absolute atomic E-state index is 10.3. The van der Waals surface area contributed by atoms with Crippen LogP contribution in [0.1, 0.15) is 0 Å². The van der Waals surface area contributed by atoms with E-state index >= 15 is 0 Å². The highest BCUT2D eigenvalue weighted by molar-refractivity contribution is 8.25. The van der Waals surface area contributed by atoms with Crippen LogP contribution in [0.4, 0.5) is 9.59 Å². The highest BCUT2D eigenvalue weighted by Crippen LogP contribution is 2.04. The third-order valence-corrected chi connectivity index (χ3v) is 0.949. The average molecular weight is 162 g/mol. The molecule has 0 radical (unpaired) electrons. The third-order valence-electron chi connectivity index (χ3n) is 0.490. The lowest BCUT2D eigenvalue weighted by molar-refractivity contribution is 0.187. The van der Waals surface area contributed by atoms with Crippen molar-refractivity contribution in [2.24, 2.45) is 0 Å². The Morgan fingerprint density at radius 1 is 1.70 bits per heavy atom. The fraction of sp³-hybridized carbons (Fsp3) is 0.200. The molecule has 0 aliphatic carbocycles. The third kappa shape index (κ3) is 5.17. The van der Waals surface area contributed by atoms with E-state index in [4.69, 9.17) is 5.11 Å². The molecule has 0 heterocycles. The highest BCUT2D eigenvalue weighted by atomic mass is 32.2. The number of hydrogen-bond acceptors (Lipinski definition) is 4. The molecule has 1 N–H and O–H groups in total. The fourth-order valence-electron chi connectivity index (χ4n) is 0.228. The maximum Gasteiger partial charge on any atom is 0.378 e. The molecule has 0 unspecified atom stereocenters. The number of carboxylic acid groups (broad SMARTS) is 1. The molecular weight excluding hydrogens is 156 g/mol. The van der Waals surface area contributed by atoms with Crippen LogP contribution in [0.15, 0.2) is 12.7 Å². The Kier molecular flexibility index (Phi) is 4.39. The Morgan fingerprint density at radius 2 is 2.30 bits per heavy atom. The molecule has 0 atom stereocenters. The Hall–Kier alpha value is -0.970. The Labute approximate surface area is 61.9 Å². The molecule has 0 spiro atoms. The molecule has 0 aromatic heterocycles. The number of ether oxygens (including phenoxy) is 1. The van der Waals surface area contributed by atoms with Crippen molar-refractivity contribution >= 4 is 22.4 Å². The first-order valence-corrected chi connectivity index (χ1v) is 3.17. The van der Waals surface area contributed by atoms with Gasteiger partial charge in [-0.2, -0.15) is 0 Å². The second-order valence-electron chi connectivity index (χ2n) is 1.22. The highest BCUT2D eigenvalue weighted by Gasteiger charge is 2.08. The smallest absolute Gasteiger partial charge is 0.378 e. The van der Waals surface area contributed by atoms with Gasteiger partial charge in [0.1, 0.15) is 6.61 Å². The van der Waals surface area contributed by atoms with Crippen LogP contribution in [0.25, 0.3) is 0 Å². The van der Waals surface area contributed by atoms with E-state index in [2.05, 4.69) is 11.3 Å². The lowest BCUT2D eigenvalue weighted by Gasteiger charge is -1.95. The van der Waals surface area contributed by atoms with E-state index in [1.165, 1.54) is 6.08 Å². The lowest BCUT2D eigenvalue weighted by atomic mass is 10.7. The van der Waals surface area contributed by atoms with Crippen molar-refractivity contribution in [1.29, 1.82) is 0 Å². The van der Waals surface area contributed by atoms with Crippen LogP contribution in [0.2, 0.25) is 0 Å². The minimum Gasteiger partial charge on any atom is -0.473 e. The van der Waals surface area contributed by atoms with Crippen LogP contribution in [-0.4, -0.2) is 22.3 Å². The average Bonchev–Trinajstić information content (AvgIpc) is 1.82. The molecule has 4 nitrogen and oxygen atoms in total. The monoisotopic (exact) mass is 162 g/mol. The molecule has 0 aliphatic heterocycles. The summed E-state index contributed by atoms with van der Waals surface area (Å²) in [4.78, 5) is 20.1. The van der Waals surface area contributed by atoms with Gasteiger partial charge in [-0.15, -0.1) is 0 Å². The number of hydrogen-bond donors (Lipinski definition) is 1. The standard InChI is InChI=1S/C5H6O4S/c1-2-3-9-5(8)10-4(6)7/h2H,1,3H2,(H,6,7). The van der Waals surface area contributed by atoms with E-state index < -0.39 is 10.6 Å². The van der Waals surface area contributed by atoms with Gasteiger partial charge >= 0.3 is 10.6 Å². The zero-order valence-corrected chi connectivity index (χ0v) is 5.89. The summed E-state index contributed by atoms with van der Waals surface area (Å²) in [6.45, 7) is 3.32. The molecule has 0 rings (SSSR count). The predicted octanol–water partition coefficient (Wildman–Crippen LogP) is 1.72. The lowest BCUT2D eigenvalue weighted by Crippen LogP contribution is -1.99. The Balaban J connectivity index is 3.43. The minimum absolute atomic E-state index is 0.0408. The topological polar surface area (TPSA) is 63.6 Å². The largest absolute Gasteiger partial charge is 0.473 e. The van der Waals surface area contributed by atoms with Crippen molar-refractivity contribution in [1.82, 2.24) is 0 Å². The van der Waals surface area contributed by atoms with Gasteiger partial charge in [0.25, 0.3) is 0 Å². The fourth-order valence-corrected chi connectivity index (χ4v) is 0.497. The number of carbonyl (C=O) groups excluding carboxylic acids is 1. The van der Waals surface area contributed by atoms with Crippen LogP contribution in [-0.2, 0) is 4.74 Å². The zero-order chi connectivity index (χ0) is 7.98. The van der Waals surface area contributed by atoms with Crippen LogP contribution in [0, 0.1) is 0 Å². The van der Waals surface area contributed by atoms with E-state index in [0.717, 1.165) is 0 Å². The molecule has 5 heteroatoms. The van der Waals surface area contributed by atoms with E-state index in [-0.39, 0.29) is 18.4 Å². The minimum atomic E-state index is -1.27. The van der Waals surface area contributed by atoms with Crippen LogP contribution in [0.3, 0.4) is 0 Å². The summed E-state index contributed by atoms with van der Waals surface area (Å²) in [5, 5.41) is 5.92. The van der Waals surface area contributed by atoms with Gasteiger partial charge in [0.2, 0.25) is 0 Å². The maximum atomic E-state index is 10.3. The van der Waals surface area contributed by atoms with Gasteiger partial charge in [0.05, 0.1) is 11.8 Å². The van der Waals surface area contributed by atoms with Crippen molar-refractivity contribution in [3.05, 3.63) is 12.7 Å². The predicted molar refractivity (Wildman–Crippen MR) is 37.2 cm³/mol. The van der Waals surface area contributed by atoms with Gasteiger partial charge in [-0.3, -0.25) is 0 Å². The second kappa shape index (κ2) is 4.87. The summed E-state index contributed by atoms with van der Waals surface area (Å²) in [5.74, 6) is 0. The quantitative estimate of drug-likeness (QED) is 0.494. The first-order valence-electron chi connectivity index (χ1n) is 2.35. The van der Waals surface area contributed by atoms with Crippen molar-refractivity contribution < 1.29 is 19.4 Å². The van der Waals surface area contributed by atoms with Gasteiger partial charge in [-0.05, 0) is 0 Å². The number of thioether (sulfide) groups is 1. The molecule has 0 fully saturated rings. The van der Waals surface area contributed by atoms with Crippen molar-refractivity contribution in [2.45, 2.75) is 0 Å². The molecule has 0 bridgehead atoms. The number of carbonyl (C=O) groups is 2. The molecule has 0 aromatic rings. The van der Waals surface area contributed by atoms with E-state index in [0.29, 0.717) is 0 Å². The van der Waals surface area contributed by atoms with Crippen LogP contribution >= 0.6 is 11.8 Å². The molecular formula is C5H6O4S. The van der Waals surface area contributed by atoms with Crippen LogP contribution < -0.4 is 0 Å². The summed E-state index contributed by atoms with van der Waals surface area (Å²) >= 11 is 0.102. The van der Waals surface area contributed by atoms with Crippen molar-refractivity contribution in [2.75, 3.05) is 6.61 Å². The molecule has 0 saturated carbocycles. The van der Waals surface area contributed by atoms with Gasteiger partial charge in [0, 0.05) is 0 Å². The van der Waals surface area contributed by atoms with E-state index in [1.54, 1.807) is 0 Å². The second-order valence-corrected chi connectivity index (χ2v) is 2.10. The molecule has 0 aromatic carbocycles. The zero-order valence-electron chi connectivity index (χ0n) is 5.07. The summed E-state index contributed by atoms with van der Waals surface area (Å²) in [6.07, 6.45) is 1.36. The Morgan fingerprint density at radius 3 is 2.70 bits per heavy atom.